The Bertz CT molecular complexity index is 764. The minimum absolute atomic E-state index is 0.132. The number of hydrogen-bond donors (Lipinski definition) is 1. The van der Waals surface area contributed by atoms with E-state index in [0.717, 1.165) is 22.9 Å². The van der Waals surface area contributed by atoms with Gasteiger partial charge in [0.15, 0.2) is 0 Å². The van der Waals surface area contributed by atoms with Crippen molar-refractivity contribution in [1.29, 1.82) is 0 Å². The Labute approximate surface area is 124 Å². The normalized spacial score (nSPS) is 12.7. The molecule has 1 atom stereocenters. The van der Waals surface area contributed by atoms with Crippen LogP contribution in [0.2, 0.25) is 0 Å². The lowest BCUT2D eigenvalue weighted by Crippen LogP contribution is -2.19. The lowest BCUT2D eigenvalue weighted by molar-refractivity contribution is 0.445. The Hall–Kier alpha value is -2.20. The second-order valence-corrected chi connectivity index (χ2v) is 5.29. The molecule has 0 spiro atoms. The van der Waals surface area contributed by atoms with E-state index in [-0.39, 0.29) is 6.04 Å². The van der Waals surface area contributed by atoms with Gasteiger partial charge < -0.3 is 9.73 Å². The third-order valence-corrected chi connectivity index (χ3v) is 3.70. The number of aromatic nitrogens is 2. The number of hydrogen-bond acceptors (Lipinski definition) is 4. The highest BCUT2D eigenvalue weighted by Crippen LogP contribution is 2.29. The summed E-state index contributed by atoms with van der Waals surface area (Å²) in [6, 6.07) is 10.2. The van der Waals surface area contributed by atoms with E-state index in [0.29, 0.717) is 6.54 Å². The largest absolute Gasteiger partial charge is 0.459 e. The topological polar surface area (TPSA) is 51.0 Å². The first-order valence-corrected chi connectivity index (χ1v) is 7.15. The molecule has 0 bridgehead atoms. The Balaban J connectivity index is 1.78. The summed E-state index contributed by atoms with van der Waals surface area (Å²) in [4.78, 5) is 8.51. The minimum Gasteiger partial charge on any atom is -0.459 e. The quantitative estimate of drug-likeness (QED) is 0.792. The lowest BCUT2D eigenvalue weighted by atomic mass is 10.1. The second kappa shape index (κ2) is 5.66. The van der Waals surface area contributed by atoms with Gasteiger partial charge in [-0.25, -0.2) is 9.97 Å². The summed E-state index contributed by atoms with van der Waals surface area (Å²) in [5.41, 5.74) is 3.13. The number of fused-ring (bicyclic) bond motifs is 1. The molecule has 2 aromatic heterocycles. The maximum Gasteiger partial charge on any atom is 0.134 e. The van der Waals surface area contributed by atoms with Gasteiger partial charge in [0.2, 0.25) is 0 Å². The van der Waals surface area contributed by atoms with Crippen molar-refractivity contribution in [3.8, 4) is 0 Å². The van der Waals surface area contributed by atoms with E-state index in [1.165, 1.54) is 10.9 Å². The first-order chi connectivity index (χ1) is 10.1. The van der Waals surface area contributed by atoms with Crippen molar-refractivity contribution in [2.45, 2.75) is 33.4 Å². The highest BCUT2D eigenvalue weighted by Gasteiger charge is 2.16. The van der Waals surface area contributed by atoms with Crippen LogP contribution in [0.5, 0.6) is 0 Å². The molecule has 21 heavy (non-hydrogen) atoms. The molecule has 2 heterocycles. The number of aryl methyl sites for hydroxylation is 2. The van der Waals surface area contributed by atoms with Gasteiger partial charge in [-0.1, -0.05) is 18.2 Å². The van der Waals surface area contributed by atoms with Gasteiger partial charge in [0, 0.05) is 18.1 Å². The zero-order valence-electron chi connectivity index (χ0n) is 12.6. The van der Waals surface area contributed by atoms with Crippen LogP contribution >= 0.6 is 0 Å². The molecular formula is C17H19N3O. The van der Waals surface area contributed by atoms with Crippen molar-refractivity contribution in [3.05, 3.63) is 59.4 Å². The van der Waals surface area contributed by atoms with Crippen LogP contribution in [-0.2, 0) is 6.54 Å². The minimum atomic E-state index is 0.132. The van der Waals surface area contributed by atoms with E-state index >= 15 is 0 Å². The van der Waals surface area contributed by atoms with Crippen LogP contribution in [0.4, 0.5) is 0 Å². The maximum absolute atomic E-state index is 5.98. The Morgan fingerprint density at radius 3 is 2.76 bits per heavy atom. The van der Waals surface area contributed by atoms with Crippen molar-refractivity contribution >= 4 is 11.0 Å². The molecule has 1 unspecified atom stereocenters. The standard InChI is InChI=1S/C17H19N3O/c1-11-15-6-4-5-7-16(15)21-17(11)12(2)19-10-14-8-9-18-13(3)20-14/h4-9,12,19H,10H2,1-3H3. The van der Waals surface area contributed by atoms with Gasteiger partial charge in [-0.05, 0) is 38.5 Å². The molecule has 108 valence electrons. The zero-order valence-corrected chi connectivity index (χ0v) is 12.6. The Morgan fingerprint density at radius 1 is 1.19 bits per heavy atom. The van der Waals surface area contributed by atoms with Crippen molar-refractivity contribution < 1.29 is 4.42 Å². The van der Waals surface area contributed by atoms with Crippen molar-refractivity contribution in [2.75, 3.05) is 0 Å². The number of para-hydroxylation sites is 1. The molecule has 3 aromatic rings. The summed E-state index contributed by atoms with van der Waals surface area (Å²) < 4.78 is 5.98. The number of rotatable bonds is 4. The monoisotopic (exact) mass is 281 g/mol. The van der Waals surface area contributed by atoms with Crippen LogP contribution in [0, 0.1) is 13.8 Å². The van der Waals surface area contributed by atoms with Crippen LogP contribution in [0.3, 0.4) is 0 Å². The molecule has 0 amide bonds. The van der Waals surface area contributed by atoms with Gasteiger partial charge in [-0.15, -0.1) is 0 Å². The average Bonchev–Trinajstić information content (AvgIpc) is 2.83. The fraction of sp³-hybridized carbons (Fsp3) is 0.294. The smallest absolute Gasteiger partial charge is 0.134 e. The first-order valence-electron chi connectivity index (χ1n) is 7.15. The van der Waals surface area contributed by atoms with E-state index in [9.17, 15) is 0 Å². The van der Waals surface area contributed by atoms with Crippen molar-refractivity contribution in [2.24, 2.45) is 0 Å². The molecule has 0 aliphatic carbocycles. The Kier molecular flexibility index (Phi) is 3.71. The van der Waals surface area contributed by atoms with Crippen LogP contribution in [0.15, 0.2) is 40.9 Å². The van der Waals surface area contributed by atoms with Crippen LogP contribution in [0.1, 0.15) is 35.8 Å². The summed E-state index contributed by atoms with van der Waals surface area (Å²) in [7, 11) is 0. The van der Waals surface area contributed by atoms with Gasteiger partial charge in [-0.2, -0.15) is 0 Å². The predicted octanol–water partition coefficient (Wildman–Crippen LogP) is 3.69. The Morgan fingerprint density at radius 2 is 2.00 bits per heavy atom. The molecule has 3 rings (SSSR count). The average molecular weight is 281 g/mol. The molecule has 1 aromatic carbocycles. The van der Waals surface area contributed by atoms with Gasteiger partial charge in [0.05, 0.1) is 11.7 Å². The number of nitrogens with zero attached hydrogens (tertiary/aromatic N) is 2. The third-order valence-electron chi connectivity index (χ3n) is 3.70. The first kappa shape index (κ1) is 13.8. The maximum atomic E-state index is 5.98. The van der Waals surface area contributed by atoms with E-state index in [1.54, 1.807) is 6.20 Å². The van der Waals surface area contributed by atoms with E-state index in [2.05, 4.69) is 35.2 Å². The van der Waals surface area contributed by atoms with Crippen LogP contribution in [-0.4, -0.2) is 9.97 Å². The molecule has 0 radical (unpaired) electrons. The lowest BCUT2D eigenvalue weighted by Gasteiger charge is -2.12. The van der Waals surface area contributed by atoms with Gasteiger partial charge >= 0.3 is 0 Å². The van der Waals surface area contributed by atoms with Gasteiger partial charge in [0.1, 0.15) is 17.2 Å². The summed E-state index contributed by atoms with van der Waals surface area (Å²) in [5.74, 6) is 1.78. The SMILES string of the molecule is Cc1nccc(CNC(C)c2oc3ccccc3c2C)n1. The number of benzene rings is 1. The zero-order chi connectivity index (χ0) is 14.8. The molecule has 0 saturated heterocycles. The number of furan rings is 1. The highest BCUT2D eigenvalue weighted by atomic mass is 16.3. The number of nitrogens with one attached hydrogen (secondary N) is 1. The van der Waals surface area contributed by atoms with E-state index < -0.39 is 0 Å². The third kappa shape index (κ3) is 2.81. The molecule has 0 aliphatic rings. The van der Waals surface area contributed by atoms with E-state index in [4.69, 9.17) is 4.42 Å². The molecule has 1 N–H and O–H groups in total. The van der Waals surface area contributed by atoms with Crippen LogP contribution < -0.4 is 5.32 Å². The molecule has 0 fully saturated rings. The fourth-order valence-electron chi connectivity index (χ4n) is 2.56. The van der Waals surface area contributed by atoms with Crippen LogP contribution in [0.25, 0.3) is 11.0 Å². The molecular weight excluding hydrogens is 262 g/mol. The fourth-order valence-corrected chi connectivity index (χ4v) is 2.56. The molecule has 4 heteroatoms. The summed E-state index contributed by atoms with van der Waals surface area (Å²) in [6.45, 7) is 6.81. The van der Waals surface area contributed by atoms with Gasteiger partial charge in [0.25, 0.3) is 0 Å². The summed E-state index contributed by atoms with van der Waals surface area (Å²) in [6.07, 6.45) is 1.79. The molecule has 4 nitrogen and oxygen atoms in total. The summed E-state index contributed by atoms with van der Waals surface area (Å²) >= 11 is 0. The molecule has 0 saturated carbocycles. The van der Waals surface area contributed by atoms with Crippen molar-refractivity contribution in [3.63, 3.8) is 0 Å². The van der Waals surface area contributed by atoms with Gasteiger partial charge in [-0.3, -0.25) is 0 Å². The second-order valence-electron chi connectivity index (χ2n) is 5.29. The van der Waals surface area contributed by atoms with Crippen molar-refractivity contribution in [1.82, 2.24) is 15.3 Å². The summed E-state index contributed by atoms with van der Waals surface area (Å²) in [5, 5.41) is 4.64. The molecule has 0 aliphatic heterocycles. The predicted molar refractivity (Wildman–Crippen MR) is 83.0 cm³/mol. The van der Waals surface area contributed by atoms with E-state index in [1.807, 2.05) is 31.2 Å². The highest BCUT2D eigenvalue weighted by molar-refractivity contribution is 5.82.